The van der Waals surface area contributed by atoms with Gasteiger partial charge in [0.25, 0.3) is 12.3 Å². The number of rotatable bonds is 11. The maximum Gasteiger partial charge on any atom is 0.264 e. The van der Waals surface area contributed by atoms with Crippen LogP contribution in [0, 0.1) is 27.6 Å². The Hall–Kier alpha value is -6.47. The fourth-order valence-electron chi connectivity index (χ4n) is 14.2. The van der Waals surface area contributed by atoms with Crippen molar-refractivity contribution >= 4 is 29.0 Å². The van der Waals surface area contributed by atoms with Gasteiger partial charge in [0.1, 0.15) is 23.7 Å². The molecule has 0 unspecified atom stereocenters. The molecule has 2 saturated carbocycles. The number of nitrogens with one attached hydrogen (secondary N) is 1. The number of carbonyl (C=O) groups is 2. The van der Waals surface area contributed by atoms with E-state index in [0.717, 1.165) is 99.4 Å². The van der Waals surface area contributed by atoms with Crippen LogP contribution in [-0.2, 0) is 31.2 Å². The van der Waals surface area contributed by atoms with Crippen molar-refractivity contribution < 1.29 is 27.8 Å². The van der Waals surface area contributed by atoms with Crippen LogP contribution >= 0.6 is 0 Å². The van der Waals surface area contributed by atoms with Crippen LogP contribution in [0.15, 0.2) is 67.0 Å². The number of fused-ring (bicyclic) bond motifs is 2. The second-order valence-electron chi connectivity index (χ2n) is 23.3. The number of methoxy groups -OCH3 is 1. The molecule has 0 bridgehead atoms. The van der Waals surface area contributed by atoms with E-state index in [1.165, 1.54) is 18.5 Å². The van der Waals surface area contributed by atoms with Gasteiger partial charge in [-0.05, 0) is 124 Å². The number of aryl methyl sites for hydroxylation is 2. The van der Waals surface area contributed by atoms with Crippen LogP contribution in [0.1, 0.15) is 130 Å². The molecule has 3 aromatic carbocycles. The average Bonchev–Trinajstić information content (AvgIpc) is 4.02. The highest BCUT2D eigenvalue weighted by Gasteiger charge is 2.64. The van der Waals surface area contributed by atoms with Gasteiger partial charge in [0.2, 0.25) is 5.91 Å². The van der Waals surface area contributed by atoms with Crippen molar-refractivity contribution in [2.75, 3.05) is 56.2 Å². The van der Waals surface area contributed by atoms with Gasteiger partial charge in [-0.25, -0.2) is 8.78 Å². The summed E-state index contributed by atoms with van der Waals surface area (Å²) in [4.78, 5) is 35.7. The van der Waals surface area contributed by atoms with E-state index < -0.39 is 6.43 Å². The van der Waals surface area contributed by atoms with Crippen LogP contribution < -0.4 is 24.6 Å². The molecule has 14 nitrogen and oxygen atoms in total. The van der Waals surface area contributed by atoms with E-state index in [1.54, 1.807) is 62.4 Å². The van der Waals surface area contributed by atoms with E-state index in [-0.39, 0.29) is 46.4 Å². The van der Waals surface area contributed by atoms with Crippen molar-refractivity contribution in [1.82, 2.24) is 34.7 Å². The van der Waals surface area contributed by atoms with Gasteiger partial charge >= 0.3 is 0 Å². The third kappa shape index (κ3) is 8.76. The minimum atomic E-state index is -2.65. The summed E-state index contributed by atoms with van der Waals surface area (Å²) in [6.07, 6.45) is 9.62. The summed E-state index contributed by atoms with van der Waals surface area (Å²) in [5, 5.41) is 22.4. The standard InChI is InChI=1S/C58H70F2N10O4/c1-36(71)67-24-20-48-47(33-67)52(69-23-8-9-38-27-45(40-31-62-65(6)32-40)46(51(59)60)29-49(38)69)64-70(48)43-17-15-41(16-18-43)66-25-21-58(22-26-66)34-68(35-58)42-13-10-37(11-14-42)53(72)63-54-56(2,3)55(57(54,4)5)74-44-19-12-39(30-61)50(28-44)73-7/h10-14,19,27-29,31-32,41,43,51,54-55H,8-9,15-18,20-26,33-35H2,1-7H3,(H,63,72). The molecule has 4 fully saturated rings. The van der Waals surface area contributed by atoms with Crippen LogP contribution in [0.2, 0.25) is 0 Å². The molecule has 2 aliphatic carbocycles. The van der Waals surface area contributed by atoms with Gasteiger partial charge in [0, 0.05) is 126 Å². The first-order valence-corrected chi connectivity index (χ1v) is 26.7. The first-order chi connectivity index (χ1) is 35.5. The highest BCUT2D eigenvalue weighted by molar-refractivity contribution is 5.95. The number of hydrogen-bond donors (Lipinski definition) is 1. The first kappa shape index (κ1) is 49.7. The summed E-state index contributed by atoms with van der Waals surface area (Å²) in [6.45, 7) is 16.2. The number of nitriles is 1. The number of ether oxygens (including phenoxy) is 2. The Morgan fingerprint density at radius 1 is 0.905 bits per heavy atom. The third-order valence-corrected chi connectivity index (χ3v) is 18.0. The van der Waals surface area contributed by atoms with Crippen molar-refractivity contribution in [2.24, 2.45) is 23.3 Å². The summed E-state index contributed by atoms with van der Waals surface area (Å²) >= 11 is 0. The Morgan fingerprint density at radius 3 is 2.27 bits per heavy atom. The summed E-state index contributed by atoms with van der Waals surface area (Å²) in [6, 6.07) is 19.7. The molecule has 2 amide bonds. The fraction of sp³-hybridized carbons (Fsp3) is 0.534. The average molecular weight is 1010 g/mol. The minimum Gasteiger partial charge on any atom is -0.495 e. The predicted molar refractivity (Wildman–Crippen MR) is 280 cm³/mol. The smallest absolute Gasteiger partial charge is 0.264 e. The number of likely N-dealkylation sites (tertiary alicyclic amines) is 1. The molecule has 0 atom stereocenters. The molecular formula is C58H70F2N10O4. The fourth-order valence-corrected chi connectivity index (χ4v) is 14.2. The van der Waals surface area contributed by atoms with Crippen molar-refractivity contribution in [3.63, 3.8) is 0 Å². The Balaban J connectivity index is 0.694. The van der Waals surface area contributed by atoms with Gasteiger partial charge in [-0.15, -0.1) is 0 Å². The van der Waals surface area contributed by atoms with Gasteiger partial charge < -0.3 is 34.4 Å². The van der Waals surface area contributed by atoms with Crippen LogP contribution in [0.25, 0.3) is 11.1 Å². The van der Waals surface area contributed by atoms with E-state index in [2.05, 4.69) is 75.7 Å². The molecule has 390 valence electrons. The zero-order chi connectivity index (χ0) is 51.8. The normalized spacial score (nSPS) is 23.8. The topological polar surface area (TPSA) is 137 Å². The third-order valence-electron chi connectivity index (χ3n) is 18.0. The highest BCUT2D eigenvalue weighted by atomic mass is 19.3. The molecule has 6 aliphatic rings. The number of aromatic nitrogens is 4. The Bertz CT molecular complexity index is 2970. The number of halogens is 2. The second kappa shape index (κ2) is 19.0. The Kier molecular flexibility index (Phi) is 12.8. The largest absolute Gasteiger partial charge is 0.495 e. The molecule has 6 heterocycles. The zero-order valence-electron chi connectivity index (χ0n) is 44.0. The van der Waals surface area contributed by atoms with Gasteiger partial charge in [0.15, 0.2) is 5.82 Å². The Morgan fingerprint density at radius 2 is 1.62 bits per heavy atom. The van der Waals surface area contributed by atoms with Crippen molar-refractivity contribution in [1.29, 1.82) is 5.26 Å². The minimum absolute atomic E-state index is 0.00256. The van der Waals surface area contributed by atoms with E-state index in [9.17, 15) is 23.6 Å². The molecule has 4 aliphatic heterocycles. The molecule has 11 rings (SSSR count). The summed E-state index contributed by atoms with van der Waals surface area (Å²) in [5.41, 5.74) is 7.12. The first-order valence-electron chi connectivity index (χ1n) is 26.7. The number of piperidine rings is 1. The zero-order valence-corrected chi connectivity index (χ0v) is 44.0. The SMILES string of the molecule is COc1cc(OC2C(C)(C)C(NC(=O)c3ccc(N4CC5(CCN(C6CCC(n7nc(N8CCCc9cc(-c%10cnn(C)c%10)c(C(F)F)cc98)c8c7CCN(C(C)=O)C8)CC6)CC5)C4)cc3)C2(C)C)ccc1C#N. The molecule has 74 heavy (non-hydrogen) atoms. The lowest BCUT2D eigenvalue weighted by Gasteiger charge is -2.63. The van der Waals surface area contributed by atoms with Crippen LogP contribution in [0.5, 0.6) is 11.5 Å². The van der Waals surface area contributed by atoms with Crippen molar-refractivity contribution in [3.8, 4) is 28.7 Å². The highest BCUT2D eigenvalue weighted by Crippen LogP contribution is 2.56. The number of amides is 2. The second-order valence-corrected chi connectivity index (χ2v) is 23.3. The van der Waals surface area contributed by atoms with Gasteiger partial charge in [-0.3, -0.25) is 19.0 Å². The molecule has 1 spiro atoms. The van der Waals surface area contributed by atoms with Crippen LogP contribution in [0.4, 0.5) is 26.0 Å². The lowest BCUT2D eigenvalue weighted by atomic mass is 9.49. The number of benzene rings is 3. The van der Waals surface area contributed by atoms with Gasteiger partial charge in [-0.1, -0.05) is 27.7 Å². The molecule has 2 saturated heterocycles. The number of carbonyl (C=O) groups excluding carboxylic acids is 2. The number of anilines is 3. The monoisotopic (exact) mass is 1010 g/mol. The summed E-state index contributed by atoms with van der Waals surface area (Å²) in [5.74, 6) is 1.86. The molecular weight excluding hydrogens is 939 g/mol. The number of nitrogens with zero attached hydrogens (tertiary/aromatic N) is 9. The lowest BCUT2D eigenvalue weighted by Crippen LogP contribution is -2.74. The molecule has 2 aromatic heterocycles. The predicted octanol–water partition coefficient (Wildman–Crippen LogP) is 9.79. The van der Waals surface area contributed by atoms with E-state index in [4.69, 9.17) is 14.6 Å². The number of hydrogen-bond acceptors (Lipinski definition) is 10. The lowest BCUT2D eigenvalue weighted by molar-refractivity contribution is -0.164. The quantitative estimate of drug-likeness (QED) is 0.136. The number of alkyl halides is 2. The maximum absolute atomic E-state index is 14.8. The summed E-state index contributed by atoms with van der Waals surface area (Å²) < 4.78 is 45.4. The van der Waals surface area contributed by atoms with Gasteiger partial charge in [-0.2, -0.15) is 15.5 Å². The van der Waals surface area contributed by atoms with E-state index >= 15 is 0 Å². The van der Waals surface area contributed by atoms with Crippen molar-refractivity contribution in [3.05, 3.63) is 101 Å². The Labute approximate surface area is 433 Å². The molecule has 1 N–H and O–H groups in total. The van der Waals surface area contributed by atoms with Crippen molar-refractivity contribution in [2.45, 2.75) is 130 Å². The maximum atomic E-state index is 14.8. The van der Waals surface area contributed by atoms with Crippen LogP contribution in [-0.4, -0.2) is 106 Å². The summed E-state index contributed by atoms with van der Waals surface area (Å²) in [7, 11) is 3.34. The van der Waals surface area contributed by atoms with E-state index in [1.807, 2.05) is 23.1 Å². The molecule has 5 aromatic rings. The molecule has 0 radical (unpaired) electrons. The molecule has 16 heteroatoms. The van der Waals surface area contributed by atoms with E-state index in [0.29, 0.717) is 64.8 Å². The van der Waals surface area contributed by atoms with Crippen LogP contribution in [0.3, 0.4) is 0 Å². The van der Waals surface area contributed by atoms with Gasteiger partial charge in [0.05, 0.1) is 31.5 Å².